The summed E-state index contributed by atoms with van der Waals surface area (Å²) in [5.74, 6) is 2.79. The van der Waals surface area contributed by atoms with Gasteiger partial charge in [0.25, 0.3) is 0 Å². The van der Waals surface area contributed by atoms with E-state index in [0.29, 0.717) is 0 Å². The monoisotopic (exact) mass is 315 g/mol. The third-order valence-electron chi connectivity index (χ3n) is 5.69. The molecule has 2 nitrogen and oxygen atoms in total. The van der Waals surface area contributed by atoms with Gasteiger partial charge in [0.2, 0.25) is 0 Å². The molecule has 1 aromatic rings. The Morgan fingerprint density at radius 2 is 1.39 bits per heavy atom. The molecule has 0 unspecified atom stereocenters. The van der Waals surface area contributed by atoms with Gasteiger partial charge in [-0.1, -0.05) is 51.4 Å². The first-order chi connectivity index (χ1) is 11.4. The molecule has 128 valence electrons. The molecule has 2 fully saturated rings. The van der Waals surface area contributed by atoms with Crippen LogP contribution in [-0.4, -0.2) is 13.2 Å². The van der Waals surface area contributed by atoms with E-state index in [1.54, 1.807) is 0 Å². The van der Waals surface area contributed by atoms with E-state index in [0.717, 1.165) is 30.7 Å². The maximum Gasteiger partial charge on any atom is 0.119 e. The molecule has 0 saturated heterocycles. The molecule has 23 heavy (non-hydrogen) atoms. The van der Waals surface area contributed by atoms with Gasteiger partial charge in [0.15, 0.2) is 0 Å². The molecular weight excluding hydrogens is 282 g/mol. The summed E-state index contributed by atoms with van der Waals surface area (Å²) in [6.45, 7) is 2.00. The molecule has 0 amide bonds. The molecule has 2 heteroatoms. The average molecular weight is 316 g/mol. The summed E-state index contributed by atoms with van der Waals surface area (Å²) in [5, 5.41) is 3.59. The van der Waals surface area contributed by atoms with Gasteiger partial charge in [-0.25, -0.2) is 0 Å². The van der Waals surface area contributed by atoms with Gasteiger partial charge in [-0.05, 0) is 55.4 Å². The highest BCUT2D eigenvalue weighted by Crippen LogP contribution is 2.27. The molecule has 0 spiro atoms. The lowest BCUT2D eigenvalue weighted by Crippen LogP contribution is -2.17. The van der Waals surface area contributed by atoms with Crippen molar-refractivity contribution in [3.63, 3.8) is 0 Å². The predicted octanol–water partition coefficient (Wildman–Crippen LogP) is 6.03. The van der Waals surface area contributed by atoms with Crippen LogP contribution >= 0.6 is 0 Å². The molecule has 2 saturated carbocycles. The first-order valence-electron chi connectivity index (χ1n) is 9.87. The Labute approximate surface area is 142 Å². The standard InChI is InChI=1S/C21H33NO/c1-3-7-18(8-4-1)15-16-23-21-13-11-20(12-14-21)22-17-19-9-5-2-6-10-19/h11-14,18-19,22H,1-10,15-17H2. The Balaban J connectivity index is 1.34. The molecule has 0 heterocycles. The molecule has 0 atom stereocenters. The van der Waals surface area contributed by atoms with Crippen LogP contribution in [0.1, 0.15) is 70.6 Å². The highest BCUT2D eigenvalue weighted by atomic mass is 16.5. The largest absolute Gasteiger partial charge is 0.494 e. The van der Waals surface area contributed by atoms with E-state index >= 15 is 0 Å². The zero-order chi connectivity index (χ0) is 15.7. The summed E-state index contributed by atoms with van der Waals surface area (Å²) in [7, 11) is 0. The van der Waals surface area contributed by atoms with Crippen molar-refractivity contribution >= 4 is 5.69 Å². The fourth-order valence-electron chi connectivity index (χ4n) is 4.14. The average Bonchev–Trinajstić information content (AvgIpc) is 2.63. The smallest absolute Gasteiger partial charge is 0.119 e. The maximum absolute atomic E-state index is 5.93. The number of hydrogen-bond donors (Lipinski definition) is 1. The van der Waals surface area contributed by atoms with Crippen molar-refractivity contribution in [2.24, 2.45) is 11.8 Å². The normalized spacial score (nSPS) is 20.3. The van der Waals surface area contributed by atoms with E-state index in [9.17, 15) is 0 Å². The predicted molar refractivity (Wildman–Crippen MR) is 98.2 cm³/mol. The first-order valence-corrected chi connectivity index (χ1v) is 9.87. The van der Waals surface area contributed by atoms with Gasteiger partial charge in [0, 0.05) is 12.2 Å². The molecule has 2 aliphatic carbocycles. The molecule has 1 aromatic carbocycles. The molecule has 0 radical (unpaired) electrons. The number of nitrogens with one attached hydrogen (secondary N) is 1. The van der Waals surface area contributed by atoms with E-state index in [1.165, 1.54) is 76.3 Å². The van der Waals surface area contributed by atoms with Gasteiger partial charge in [-0.2, -0.15) is 0 Å². The van der Waals surface area contributed by atoms with Crippen molar-refractivity contribution in [2.45, 2.75) is 70.6 Å². The zero-order valence-electron chi connectivity index (χ0n) is 14.6. The van der Waals surface area contributed by atoms with E-state index in [4.69, 9.17) is 4.74 Å². The molecule has 0 aromatic heterocycles. The van der Waals surface area contributed by atoms with Crippen LogP contribution in [0, 0.1) is 11.8 Å². The van der Waals surface area contributed by atoms with Gasteiger partial charge in [0.05, 0.1) is 6.61 Å². The molecule has 3 rings (SSSR count). The van der Waals surface area contributed by atoms with Crippen LogP contribution in [-0.2, 0) is 0 Å². The summed E-state index contributed by atoms with van der Waals surface area (Å²) in [5.41, 5.74) is 1.23. The van der Waals surface area contributed by atoms with Gasteiger partial charge in [0.1, 0.15) is 5.75 Å². The number of hydrogen-bond acceptors (Lipinski definition) is 2. The summed E-state index contributed by atoms with van der Waals surface area (Å²) in [6.07, 6.45) is 15.4. The number of rotatable bonds is 7. The van der Waals surface area contributed by atoms with Crippen LogP contribution in [0.2, 0.25) is 0 Å². The fourth-order valence-corrected chi connectivity index (χ4v) is 4.14. The molecule has 1 N–H and O–H groups in total. The van der Waals surface area contributed by atoms with E-state index < -0.39 is 0 Å². The van der Waals surface area contributed by atoms with Gasteiger partial charge in [-0.15, -0.1) is 0 Å². The Hall–Kier alpha value is -1.18. The van der Waals surface area contributed by atoms with E-state index in [-0.39, 0.29) is 0 Å². The Kier molecular flexibility index (Phi) is 6.67. The molecular formula is C21H33NO. The Bertz CT molecular complexity index is 430. The number of anilines is 1. The summed E-state index contributed by atoms with van der Waals surface area (Å²) >= 11 is 0. The summed E-state index contributed by atoms with van der Waals surface area (Å²) in [6, 6.07) is 8.56. The lowest BCUT2D eigenvalue weighted by Gasteiger charge is -2.22. The highest BCUT2D eigenvalue weighted by Gasteiger charge is 2.14. The molecule has 0 bridgehead atoms. The second kappa shape index (κ2) is 9.20. The summed E-state index contributed by atoms with van der Waals surface area (Å²) < 4.78 is 5.93. The van der Waals surface area contributed by atoms with Crippen molar-refractivity contribution < 1.29 is 4.74 Å². The van der Waals surface area contributed by atoms with Crippen molar-refractivity contribution in [2.75, 3.05) is 18.5 Å². The van der Waals surface area contributed by atoms with Crippen molar-refractivity contribution in [3.8, 4) is 5.75 Å². The van der Waals surface area contributed by atoms with Crippen molar-refractivity contribution in [1.29, 1.82) is 0 Å². The topological polar surface area (TPSA) is 21.3 Å². The highest BCUT2D eigenvalue weighted by molar-refractivity contribution is 5.46. The van der Waals surface area contributed by atoms with Crippen LogP contribution < -0.4 is 10.1 Å². The second-order valence-corrected chi connectivity index (χ2v) is 7.55. The number of benzene rings is 1. The first kappa shape index (κ1) is 16.7. The van der Waals surface area contributed by atoms with Crippen LogP contribution in [0.15, 0.2) is 24.3 Å². The van der Waals surface area contributed by atoms with Gasteiger partial charge < -0.3 is 10.1 Å². The lowest BCUT2D eigenvalue weighted by molar-refractivity contribution is 0.246. The third-order valence-corrected chi connectivity index (χ3v) is 5.69. The molecule has 0 aliphatic heterocycles. The summed E-state index contributed by atoms with van der Waals surface area (Å²) in [4.78, 5) is 0. The van der Waals surface area contributed by atoms with E-state index in [2.05, 4.69) is 29.6 Å². The second-order valence-electron chi connectivity index (χ2n) is 7.55. The minimum atomic E-state index is 0.871. The minimum Gasteiger partial charge on any atom is -0.494 e. The Morgan fingerprint density at radius 1 is 0.783 bits per heavy atom. The van der Waals surface area contributed by atoms with Gasteiger partial charge >= 0.3 is 0 Å². The maximum atomic E-state index is 5.93. The van der Waals surface area contributed by atoms with Gasteiger partial charge in [-0.3, -0.25) is 0 Å². The van der Waals surface area contributed by atoms with Crippen LogP contribution in [0.4, 0.5) is 5.69 Å². The minimum absolute atomic E-state index is 0.871. The van der Waals surface area contributed by atoms with Crippen molar-refractivity contribution in [3.05, 3.63) is 24.3 Å². The Morgan fingerprint density at radius 3 is 2.04 bits per heavy atom. The number of ether oxygens (including phenoxy) is 1. The molecule has 2 aliphatic rings. The lowest BCUT2D eigenvalue weighted by atomic mass is 9.87. The quantitative estimate of drug-likeness (QED) is 0.663. The van der Waals surface area contributed by atoms with E-state index in [1.807, 2.05) is 0 Å². The fraction of sp³-hybridized carbons (Fsp3) is 0.714. The van der Waals surface area contributed by atoms with Crippen LogP contribution in [0.25, 0.3) is 0 Å². The van der Waals surface area contributed by atoms with Crippen LogP contribution in [0.5, 0.6) is 5.75 Å². The third kappa shape index (κ3) is 5.75. The van der Waals surface area contributed by atoms with Crippen LogP contribution in [0.3, 0.4) is 0 Å². The van der Waals surface area contributed by atoms with Crippen molar-refractivity contribution in [1.82, 2.24) is 0 Å². The zero-order valence-corrected chi connectivity index (χ0v) is 14.6. The SMILES string of the molecule is c1cc(OCCC2CCCCC2)ccc1NCC1CCCCC1.